The van der Waals surface area contributed by atoms with Gasteiger partial charge in [0, 0.05) is 24.4 Å². The Hall–Kier alpha value is -2.60. The number of rotatable bonds is 4. The monoisotopic (exact) mass is 359 g/mol. The first-order valence-corrected chi connectivity index (χ1v) is 8.44. The van der Waals surface area contributed by atoms with E-state index in [0.29, 0.717) is 5.69 Å². The maximum atomic E-state index is 12.6. The van der Waals surface area contributed by atoms with E-state index in [1.54, 1.807) is 0 Å². The first-order valence-electron chi connectivity index (χ1n) is 8.06. The molecule has 1 N–H and O–H groups in total. The van der Waals surface area contributed by atoms with Gasteiger partial charge in [0.25, 0.3) is 5.69 Å². The lowest BCUT2D eigenvalue weighted by molar-refractivity contribution is -0.384. The molecule has 1 aliphatic rings. The van der Waals surface area contributed by atoms with E-state index in [2.05, 4.69) is 16.3 Å². The highest BCUT2D eigenvalue weighted by Crippen LogP contribution is 2.30. The maximum absolute atomic E-state index is 12.6. The number of aryl methyl sites for hydroxylation is 1. The van der Waals surface area contributed by atoms with Crippen LogP contribution < -0.4 is 10.2 Å². The molecule has 0 saturated heterocycles. The average Bonchev–Trinajstić information content (AvgIpc) is 2.62. The van der Waals surface area contributed by atoms with Gasteiger partial charge in [0.2, 0.25) is 5.91 Å². The number of carbonyl (C=O) groups is 1. The molecule has 2 aromatic rings. The molecular formula is C18H18ClN3O3. The molecule has 7 heteroatoms. The largest absolute Gasteiger partial charge is 0.360 e. The number of anilines is 2. The number of nitrogens with one attached hydrogen (secondary N) is 1. The predicted molar refractivity (Wildman–Crippen MR) is 98.3 cm³/mol. The Morgan fingerprint density at radius 2 is 2.08 bits per heavy atom. The summed E-state index contributed by atoms with van der Waals surface area (Å²) in [4.78, 5) is 25.0. The van der Waals surface area contributed by atoms with E-state index in [9.17, 15) is 14.9 Å². The summed E-state index contributed by atoms with van der Waals surface area (Å²) in [6, 6.07) is 11.7. The van der Waals surface area contributed by atoms with Crippen molar-refractivity contribution in [2.24, 2.45) is 0 Å². The Labute approximate surface area is 150 Å². The van der Waals surface area contributed by atoms with Crippen molar-refractivity contribution in [1.29, 1.82) is 0 Å². The summed E-state index contributed by atoms with van der Waals surface area (Å²) in [7, 11) is 0. The van der Waals surface area contributed by atoms with Crippen LogP contribution in [0.3, 0.4) is 0 Å². The summed E-state index contributed by atoms with van der Waals surface area (Å²) in [5.41, 5.74) is 2.57. The van der Waals surface area contributed by atoms with Crippen molar-refractivity contribution in [1.82, 2.24) is 0 Å². The van der Waals surface area contributed by atoms with Gasteiger partial charge in [0.15, 0.2) is 0 Å². The molecule has 0 bridgehead atoms. The first kappa shape index (κ1) is 17.2. The number of para-hydroxylation sites is 1. The van der Waals surface area contributed by atoms with Crippen molar-refractivity contribution < 1.29 is 9.72 Å². The standard InChI is InChI=1S/C18H18ClN3O3/c1-12(21-10-4-6-13-5-2-3-7-17(13)21)18(23)20-16-9-8-14(22(24)25)11-15(16)19/h2-3,5,7-9,11-12H,4,6,10H2,1H3,(H,20,23)/t12-/m1/s1. The second-order valence-electron chi connectivity index (χ2n) is 6.01. The third-order valence-electron chi connectivity index (χ3n) is 4.41. The number of fused-ring (bicyclic) bond motifs is 1. The van der Waals surface area contributed by atoms with Gasteiger partial charge < -0.3 is 10.2 Å². The lowest BCUT2D eigenvalue weighted by Crippen LogP contribution is -2.44. The fraction of sp³-hybridized carbons (Fsp3) is 0.278. The van der Waals surface area contributed by atoms with E-state index in [-0.39, 0.29) is 22.7 Å². The minimum atomic E-state index is -0.523. The molecular weight excluding hydrogens is 342 g/mol. The molecule has 1 amide bonds. The van der Waals surface area contributed by atoms with Crippen LogP contribution in [0.15, 0.2) is 42.5 Å². The molecule has 0 radical (unpaired) electrons. The molecule has 0 aromatic heterocycles. The lowest BCUT2D eigenvalue weighted by atomic mass is 10.00. The van der Waals surface area contributed by atoms with Crippen molar-refractivity contribution in [3.05, 3.63) is 63.2 Å². The van der Waals surface area contributed by atoms with Crippen molar-refractivity contribution in [3.8, 4) is 0 Å². The van der Waals surface area contributed by atoms with Crippen molar-refractivity contribution in [2.45, 2.75) is 25.8 Å². The molecule has 1 heterocycles. The van der Waals surface area contributed by atoms with Crippen LogP contribution >= 0.6 is 11.6 Å². The van der Waals surface area contributed by atoms with Gasteiger partial charge in [-0.2, -0.15) is 0 Å². The summed E-state index contributed by atoms with van der Waals surface area (Å²) >= 11 is 6.06. The molecule has 25 heavy (non-hydrogen) atoms. The number of non-ortho nitro benzene ring substituents is 1. The summed E-state index contributed by atoms with van der Waals surface area (Å²) < 4.78 is 0. The van der Waals surface area contributed by atoms with Crippen LogP contribution in [0.2, 0.25) is 5.02 Å². The zero-order valence-corrected chi connectivity index (χ0v) is 14.5. The molecule has 0 spiro atoms. The van der Waals surface area contributed by atoms with E-state index in [1.807, 2.05) is 25.1 Å². The topological polar surface area (TPSA) is 75.5 Å². The van der Waals surface area contributed by atoms with Gasteiger partial charge >= 0.3 is 0 Å². The Morgan fingerprint density at radius 3 is 2.80 bits per heavy atom. The van der Waals surface area contributed by atoms with Crippen LogP contribution in [-0.4, -0.2) is 23.4 Å². The van der Waals surface area contributed by atoms with Gasteiger partial charge in [-0.05, 0) is 37.5 Å². The zero-order valence-electron chi connectivity index (χ0n) is 13.7. The van der Waals surface area contributed by atoms with E-state index < -0.39 is 4.92 Å². The molecule has 0 fully saturated rings. The number of halogens is 1. The van der Waals surface area contributed by atoms with Gasteiger partial charge in [0.1, 0.15) is 6.04 Å². The lowest BCUT2D eigenvalue weighted by Gasteiger charge is -2.35. The summed E-state index contributed by atoms with van der Waals surface area (Å²) in [6.07, 6.45) is 2.00. The highest BCUT2D eigenvalue weighted by molar-refractivity contribution is 6.34. The molecule has 0 saturated carbocycles. The second kappa shape index (κ2) is 7.11. The molecule has 0 unspecified atom stereocenters. The number of amides is 1. The van der Waals surface area contributed by atoms with Gasteiger partial charge in [0.05, 0.1) is 15.6 Å². The van der Waals surface area contributed by atoms with Crippen molar-refractivity contribution in [2.75, 3.05) is 16.8 Å². The third kappa shape index (κ3) is 3.58. The number of hydrogen-bond acceptors (Lipinski definition) is 4. The number of nitro groups is 1. The fourth-order valence-electron chi connectivity index (χ4n) is 3.06. The summed E-state index contributed by atoms with van der Waals surface area (Å²) in [5.74, 6) is -0.201. The van der Waals surface area contributed by atoms with Crippen molar-refractivity contribution >= 4 is 34.6 Å². The van der Waals surface area contributed by atoms with Crippen LogP contribution in [0.5, 0.6) is 0 Å². The number of nitrogens with zero attached hydrogens (tertiary/aromatic N) is 2. The Kier molecular flexibility index (Phi) is 4.90. The predicted octanol–water partition coefficient (Wildman–Crippen LogP) is 4.03. The summed E-state index contributed by atoms with van der Waals surface area (Å²) in [5, 5.41) is 13.7. The fourth-order valence-corrected chi connectivity index (χ4v) is 3.28. The highest BCUT2D eigenvalue weighted by Gasteiger charge is 2.26. The van der Waals surface area contributed by atoms with Gasteiger partial charge in [-0.25, -0.2) is 0 Å². The SMILES string of the molecule is C[C@H](C(=O)Nc1ccc([N+](=O)[O-])cc1Cl)N1CCCc2ccccc21. The Balaban J connectivity index is 1.77. The van der Waals surface area contributed by atoms with Gasteiger partial charge in [-0.15, -0.1) is 0 Å². The van der Waals surface area contributed by atoms with Crippen LogP contribution in [0.25, 0.3) is 0 Å². The van der Waals surface area contributed by atoms with Crippen LogP contribution in [-0.2, 0) is 11.2 Å². The van der Waals surface area contributed by atoms with E-state index in [4.69, 9.17) is 11.6 Å². The Bertz CT molecular complexity index is 825. The molecule has 1 aliphatic heterocycles. The molecule has 130 valence electrons. The molecule has 2 aromatic carbocycles. The molecule has 1 atom stereocenters. The minimum absolute atomic E-state index is 0.110. The van der Waals surface area contributed by atoms with E-state index >= 15 is 0 Å². The zero-order chi connectivity index (χ0) is 18.0. The van der Waals surface area contributed by atoms with Crippen LogP contribution in [0, 0.1) is 10.1 Å². The number of nitro benzene ring substituents is 1. The number of hydrogen-bond donors (Lipinski definition) is 1. The molecule has 0 aliphatic carbocycles. The second-order valence-corrected chi connectivity index (χ2v) is 6.42. The normalized spacial score (nSPS) is 14.6. The molecule has 3 rings (SSSR count). The third-order valence-corrected chi connectivity index (χ3v) is 4.73. The van der Waals surface area contributed by atoms with Gasteiger partial charge in [-0.1, -0.05) is 29.8 Å². The maximum Gasteiger partial charge on any atom is 0.271 e. The number of carbonyl (C=O) groups excluding carboxylic acids is 1. The quantitative estimate of drug-likeness (QED) is 0.660. The smallest absolute Gasteiger partial charge is 0.271 e. The highest BCUT2D eigenvalue weighted by atomic mass is 35.5. The molecule has 6 nitrogen and oxygen atoms in total. The average molecular weight is 360 g/mol. The minimum Gasteiger partial charge on any atom is -0.360 e. The van der Waals surface area contributed by atoms with E-state index in [1.165, 1.54) is 23.8 Å². The van der Waals surface area contributed by atoms with Gasteiger partial charge in [-0.3, -0.25) is 14.9 Å². The van der Waals surface area contributed by atoms with E-state index in [0.717, 1.165) is 25.1 Å². The summed E-state index contributed by atoms with van der Waals surface area (Å²) in [6.45, 7) is 2.65. The van der Waals surface area contributed by atoms with Crippen molar-refractivity contribution in [3.63, 3.8) is 0 Å². The first-order chi connectivity index (χ1) is 12.0. The van der Waals surface area contributed by atoms with Crippen LogP contribution in [0.4, 0.5) is 17.1 Å². The Morgan fingerprint density at radius 1 is 1.32 bits per heavy atom. The number of benzene rings is 2. The van der Waals surface area contributed by atoms with Crippen LogP contribution in [0.1, 0.15) is 18.9 Å².